The molecule has 2 amide bonds. The van der Waals surface area contributed by atoms with Gasteiger partial charge in [0.1, 0.15) is 5.82 Å². The van der Waals surface area contributed by atoms with Crippen LogP contribution in [0.3, 0.4) is 0 Å². The van der Waals surface area contributed by atoms with Crippen molar-refractivity contribution >= 4 is 17.5 Å². The summed E-state index contributed by atoms with van der Waals surface area (Å²) < 4.78 is 0. The second-order valence-electron chi connectivity index (χ2n) is 8.51. The Hall–Kier alpha value is -3.41. The number of nitrogens with zero attached hydrogens (tertiary/aromatic N) is 4. The summed E-state index contributed by atoms with van der Waals surface area (Å²) in [6, 6.07) is 18.2. The highest BCUT2D eigenvalue weighted by Gasteiger charge is 2.29. The Morgan fingerprint density at radius 1 is 0.969 bits per heavy atom. The Bertz CT molecular complexity index is 1090. The number of nitrogens with one attached hydrogen (secondary N) is 1. The Morgan fingerprint density at radius 3 is 2.44 bits per heavy atom. The molecule has 0 saturated carbocycles. The first-order valence-corrected chi connectivity index (χ1v) is 11.6. The van der Waals surface area contributed by atoms with Crippen LogP contribution in [0.25, 0.3) is 11.4 Å². The fourth-order valence-electron chi connectivity index (χ4n) is 4.50. The number of benzene rings is 2. The van der Waals surface area contributed by atoms with Gasteiger partial charge in [0.15, 0.2) is 5.82 Å². The smallest absolute Gasteiger partial charge is 0.322 e. The fourth-order valence-corrected chi connectivity index (χ4v) is 4.50. The van der Waals surface area contributed by atoms with Gasteiger partial charge >= 0.3 is 6.03 Å². The number of amides is 2. The molecular weight excluding hydrogens is 398 g/mol. The van der Waals surface area contributed by atoms with Crippen LogP contribution in [0.15, 0.2) is 54.6 Å². The second kappa shape index (κ2) is 8.99. The summed E-state index contributed by atoms with van der Waals surface area (Å²) in [6.07, 6.45) is 4.08. The van der Waals surface area contributed by atoms with Crippen molar-refractivity contribution in [1.29, 1.82) is 0 Å². The summed E-state index contributed by atoms with van der Waals surface area (Å²) in [5.41, 5.74) is 5.28. The van der Waals surface area contributed by atoms with Gasteiger partial charge in [-0.2, -0.15) is 0 Å². The van der Waals surface area contributed by atoms with Gasteiger partial charge in [-0.25, -0.2) is 14.8 Å². The maximum absolute atomic E-state index is 13.0. The zero-order valence-corrected chi connectivity index (χ0v) is 18.6. The lowest BCUT2D eigenvalue weighted by atomic mass is 10.0. The molecule has 0 bridgehead atoms. The predicted molar refractivity (Wildman–Crippen MR) is 128 cm³/mol. The van der Waals surface area contributed by atoms with Gasteiger partial charge < -0.3 is 15.1 Å². The van der Waals surface area contributed by atoms with Gasteiger partial charge in [-0.3, -0.25) is 0 Å². The van der Waals surface area contributed by atoms with Crippen LogP contribution in [-0.2, 0) is 19.4 Å². The lowest BCUT2D eigenvalue weighted by Crippen LogP contribution is -2.40. The van der Waals surface area contributed by atoms with Gasteiger partial charge in [0.05, 0.1) is 12.2 Å². The SMILES string of the molecule is CCc1ccc(NC(=O)N2CCc3nc(-c4ccccc4)nc(N4CCCC4)c3C2)cc1. The third-order valence-corrected chi connectivity index (χ3v) is 6.38. The molecule has 2 aromatic carbocycles. The summed E-state index contributed by atoms with van der Waals surface area (Å²) >= 11 is 0. The largest absolute Gasteiger partial charge is 0.356 e. The van der Waals surface area contributed by atoms with Gasteiger partial charge in [-0.15, -0.1) is 0 Å². The van der Waals surface area contributed by atoms with Gasteiger partial charge in [0.25, 0.3) is 0 Å². The molecule has 32 heavy (non-hydrogen) atoms. The van der Waals surface area contributed by atoms with E-state index in [0.717, 1.165) is 60.1 Å². The number of carbonyl (C=O) groups excluding carboxylic acids is 1. The summed E-state index contributed by atoms with van der Waals surface area (Å²) in [5, 5.41) is 3.05. The molecule has 3 aromatic rings. The fraction of sp³-hybridized carbons (Fsp3) is 0.346. The van der Waals surface area contributed by atoms with E-state index in [9.17, 15) is 4.79 Å². The van der Waals surface area contributed by atoms with Crippen LogP contribution < -0.4 is 10.2 Å². The molecule has 3 heterocycles. The van der Waals surface area contributed by atoms with Crippen LogP contribution in [0.2, 0.25) is 0 Å². The molecule has 0 aliphatic carbocycles. The average Bonchev–Trinajstić information content (AvgIpc) is 3.39. The van der Waals surface area contributed by atoms with E-state index in [4.69, 9.17) is 9.97 Å². The van der Waals surface area contributed by atoms with Crippen LogP contribution in [-0.4, -0.2) is 40.5 Å². The van der Waals surface area contributed by atoms with E-state index in [0.29, 0.717) is 13.1 Å². The van der Waals surface area contributed by atoms with Gasteiger partial charge in [-0.1, -0.05) is 49.4 Å². The summed E-state index contributed by atoms with van der Waals surface area (Å²) in [5.74, 6) is 1.77. The number of hydrogen-bond acceptors (Lipinski definition) is 4. The normalized spacial score (nSPS) is 15.5. The third-order valence-electron chi connectivity index (χ3n) is 6.38. The van der Waals surface area contributed by atoms with Crippen molar-refractivity contribution in [3.8, 4) is 11.4 Å². The van der Waals surface area contributed by atoms with E-state index < -0.39 is 0 Å². The van der Waals surface area contributed by atoms with E-state index in [-0.39, 0.29) is 6.03 Å². The van der Waals surface area contributed by atoms with Crippen molar-refractivity contribution in [2.45, 2.75) is 39.2 Å². The highest BCUT2D eigenvalue weighted by Crippen LogP contribution is 2.31. The lowest BCUT2D eigenvalue weighted by molar-refractivity contribution is 0.206. The zero-order valence-electron chi connectivity index (χ0n) is 18.6. The number of aromatic nitrogens is 2. The molecule has 2 aliphatic rings. The third kappa shape index (κ3) is 4.17. The van der Waals surface area contributed by atoms with E-state index in [1.54, 1.807) is 0 Å². The van der Waals surface area contributed by atoms with Gasteiger partial charge in [0.2, 0.25) is 0 Å². The van der Waals surface area contributed by atoms with Crippen LogP contribution in [0, 0.1) is 0 Å². The van der Waals surface area contributed by atoms with Crippen molar-refractivity contribution in [2.24, 2.45) is 0 Å². The molecule has 0 unspecified atom stereocenters. The summed E-state index contributed by atoms with van der Waals surface area (Å²) in [4.78, 5) is 27.2. The number of urea groups is 1. The Balaban J connectivity index is 1.41. The average molecular weight is 428 g/mol. The molecule has 164 valence electrons. The number of hydrogen-bond donors (Lipinski definition) is 1. The van der Waals surface area contributed by atoms with Gasteiger partial charge in [0, 0.05) is 42.9 Å². The van der Waals surface area contributed by atoms with Crippen molar-refractivity contribution in [3.05, 3.63) is 71.4 Å². The molecule has 6 heteroatoms. The molecule has 2 aliphatic heterocycles. The van der Waals surface area contributed by atoms with Crippen LogP contribution >= 0.6 is 0 Å². The zero-order chi connectivity index (χ0) is 21.9. The number of rotatable bonds is 4. The molecule has 6 nitrogen and oxygen atoms in total. The number of aryl methyl sites for hydroxylation is 1. The maximum Gasteiger partial charge on any atom is 0.322 e. The minimum Gasteiger partial charge on any atom is -0.356 e. The molecule has 1 saturated heterocycles. The van der Waals surface area contributed by atoms with E-state index >= 15 is 0 Å². The minimum atomic E-state index is -0.0700. The van der Waals surface area contributed by atoms with Crippen molar-refractivity contribution in [1.82, 2.24) is 14.9 Å². The quantitative estimate of drug-likeness (QED) is 0.644. The van der Waals surface area contributed by atoms with E-state index in [1.165, 1.54) is 18.4 Å². The molecule has 1 N–H and O–H groups in total. The molecule has 0 radical (unpaired) electrons. The van der Waals surface area contributed by atoms with E-state index in [2.05, 4.69) is 41.4 Å². The van der Waals surface area contributed by atoms with Crippen LogP contribution in [0.4, 0.5) is 16.3 Å². The lowest BCUT2D eigenvalue weighted by Gasteiger charge is -2.32. The van der Waals surface area contributed by atoms with Crippen LogP contribution in [0.1, 0.15) is 36.6 Å². The Kier molecular flexibility index (Phi) is 5.75. The molecule has 5 rings (SSSR count). The standard InChI is InChI=1S/C26H29N5O/c1-2-19-10-12-21(13-11-19)27-26(32)31-17-14-23-22(18-31)25(30-15-6-7-16-30)29-24(28-23)20-8-4-3-5-9-20/h3-5,8-13H,2,6-7,14-18H2,1H3,(H,27,32). The summed E-state index contributed by atoms with van der Waals surface area (Å²) in [6.45, 7) is 5.33. The Morgan fingerprint density at radius 2 is 1.72 bits per heavy atom. The van der Waals surface area contributed by atoms with Crippen LogP contribution in [0.5, 0.6) is 0 Å². The number of anilines is 2. The molecule has 1 fully saturated rings. The predicted octanol–water partition coefficient (Wildman–Crippen LogP) is 4.90. The highest BCUT2D eigenvalue weighted by atomic mass is 16.2. The second-order valence-corrected chi connectivity index (χ2v) is 8.51. The van der Waals surface area contributed by atoms with E-state index in [1.807, 2.05) is 35.2 Å². The first kappa shape index (κ1) is 20.5. The van der Waals surface area contributed by atoms with Gasteiger partial charge in [-0.05, 0) is 37.0 Å². The topological polar surface area (TPSA) is 61.4 Å². The monoisotopic (exact) mass is 427 g/mol. The highest BCUT2D eigenvalue weighted by molar-refractivity contribution is 5.89. The molecule has 0 spiro atoms. The first-order chi connectivity index (χ1) is 15.7. The maximum atomic E-state index is 13.0. The Labute approximate surface area is 189 Å². The minimum absolute atomic E-state index is 0.0700. The van der Waals surface area contributed by atoms with Crippen molar-refractivity contribution < 1.29 is 4.79 Å². The number of fused-ring (bicyclic) bond motifs is 1. The summed E-state index contributed by atoms with van der Waals surface area (Å²) in [7, 11) is 0. The molecule has 0 atom stereocenters. The molecule has 1 aromatic heterocycles. The number of carbonyl (C=O) groups is 1. The first-order valence-electron chi connectivity index (χ1n) is 11.6. The van der Waals surface area contributed by atoms with Crippen molar-refractivity contribution in [3.63, 3.8) is 0 Å². The molecular formula is C26H29N5O. The van der Waals surface area contributed by atoms with Crippen molar-refractivity contribution in [2.75, 3.05) is 29.9 Å².